The fourth-order valence-corrected chi connectivity index (χ4v) is 3.36. The van der Waals surface area contributed by atoms with Crippen molar-refractivity contribution in [2.24, 2.45) is 0 Å². The number of amides is 2. The monoisotopic (exact) mass is 410 g/mol. The van der Waals surface area contributed by atoms with Crippen molar-refractivity contribution in [2.45, 2.75) is 26.7 Å². The van der Waals surface area contributed by atoms with Crippen molar-refractivity contribution in [1.82, 2.24) is 9.80 Å². The van der Waals surface area contributed by atoms with Crippen molar-refractivity contribution < 1.29 is 19.1 Å². The topological polar surface area (TPSA) is 59.1 Å². The number of piperazine rings is 1. The average molecular weight is 411 g/mol. The molecule has 0 aliphatic carbocycles. The van der Waals surface area contributed by atoms with Crippen LogP contribution in [0.4, 0.5) is 0 Å². The Bertz CT molecular complexity index is 843. The molecule has 0 saturated carbocycles. The number of carbonyl (C=O) groups is 2. The van der Waals surface area contributed by atoms with Crippen molar-refractivity contribution in [2.75, 3.05) is 39.4 Å². The number of para-hydroxylation sites is 1. The normalized spacial score (nSPS) is 13.8. The molecule has 0 N–H and O–H groups in total. The number of benzene rings is 2. The van der Waals surface area contributed by atoms with Gasteiger partial charge >= 0.3 is 0 Å². The molecular weight excluding hydrogens is 380 g/mol. The Hall–Kier alpha value is -3.02. The first-order valence-electron chi connectivity index (χ1n) is 10.5. The van der Waals surface area contributed by atoms with Crippen LogP contribution >= 0.6 is 0 Å². The molecule has 160 valence electrons. The van der Waals surface area contributed by atoms with E-state index >= 15 is 0 Å². The van der Waals surface area contributed by atoms with E-state index in [9.17, 15) is 9.59 Å². The maximum Gasteiger partial charge on any atom is 0.260 e. The van der Waals surface area contributed by atoms with E-state index in [1.54, 1.807) is 4.90 Å². The molecule has 0 bridgehead atoms. The summed E-state index contributed by atoms with van der Waals surface area (Å²) in [5.41, 5.74) is 2.24. The number of ether oxygens (including phenoxy) is 2. The van der Waals surface area contributed by atoms with Gasteiger partial charge < -0.3 is 19.3 Å². The minimum atomic E-state index is -0.0469. The van der Waals surface area contributed by atoms with Crippen LogP contribution in [-0.2, 0) is 9.59 Å². The predicted octanol–water partition coefficient (Wildman–Crippen LogP) is 3.21. The first-order chi connectivity index (χ1) is 14.5. The molecule has 2 amide bonds. The lowest BCUT2D eigenvalue weighted by atomic mass is 10.2. The van der Waals surface area contributed by atoms with Crippen molar-refractivity contribution in [3.63, 3.8) is 0 Å². The predicted molar refractivity (Wildman–Crippen MR) is 116 cm³/mol. The van der Waals surface area contributed by atoms with Gasteiger partial charge in [-0.1, -0.05) is 35.9 Å². The Labute approximate surface area is 178 Å². The summed E-state index contributed by atoms with van der Waals surface area (Å²) in [4.78, 5) is 28.4. The van der Waals surface area contributed by atoms with Crippen LogP contribution < -0.4 is 9.47 Å². The summed E-state index contributed by atoms with van der Waals surface area (Å²) in [6, 6.07) is 15.5. The minimum Gasteiger partial charge on any atom is -0.493 e. The van der Waals surface area contributed by atoms with Crippen molar-refractivity contribution in [3.8, 4) is 11.5 Å². The first-order valence-corrected chi connectivity index (χ1v) is 10.5. The van der Waals surface area contributed by atoms with Crippen molar-refractivity contribution >= 4 is 11.8 Å². The van der Waals surface area contributed by atoms with Gasteiger partial charge in [-0.05, 0) is 44.0 Å². The lowest BCUT2D eigenvalue weighted by Crippen LogP contribution is -2.51. The van der Waals surface area contributed by atoms with Crippen LogP contribution in [0.1, 0.15) is 24.0 Å². The Kier molecular flexibility index (Phi) is 7.71. The Morgan fingerprint density at radius 1 is 0.833 bits per heavy atom. The number of hydrogen-bond acceptors (Lipinski definition) is 4. The highest BCUT2D eigenvalue weighted by Gasteiger charge is 2.24. The minimum absolute atomic E-state index is 0.0211. The van der Waals surface area contributed by atoms with E-state index in [1.165, 1.54) is 0 Å². The molecule has 0 unspecified atom stereocenters. The van der Waals surface area contributed by atoms with E-state index < -0.39 is 0 Å². The highest BCUT2D eigenvalue weighted by Crippen LogP contribution is 2.17. The van der Waals surface area contributed by atoms with Gasteiger partial charge in [-0.15, -0.1) is 0 Å². The average Bonchev–Trinajstić information content (AvgIpc) is 2.77. The Morgan fingerprint density at radius 3 is 2.13 bits per heavy atom. The van der Waals surface area contributed by atoms with Crippen LogP contribution in [0.5, 0.6) is 11.5 Å². The summed E-state index contributed by atoms with van der Waals surface area (Å²) in [5.74, 6) is 1.63. The number of aryl methyl sites for hydroxylation is 2. The van der Waals surface area contributed by atoms with Crippen LogP contribution in [-0.4, -0.2) is 61.0 Å². The van der Waals surface area contributed by atoms with E-state index in [0.717, 1.165) is 16.9 Å². The van der Waals surface area contributed by atoms with Gasteiger partial charge in [0, 0.05) is 32.6 Å². The summed E-state index contributed by atoms with van der Waals surface area (Å²) in [6.45, 7) is 6.77. The maximum absolute atomic E-state index is 12.4. The van der Waals surface area contributed by atoms with Gasteiger partial charge in [0.15, 0.2) is 6.61 Å². The number of carbonyl (C=O) groups excluding carboxylic acids is 2. The van der Waals surface area contributed by atoms with Gasteiger partial charge in [0.2, 0.25) is 5.91 Å². The molecule has 3 rings (SSSR count). The SMILES string of the molecule is Cc1ccc(OCC(=O)N2CCN(C(=O)CCCOc3ccccc3C)CC2)cc1. The van der Waals surface area contributed by atoms with Crippen molar-refractivity contribution in [3.05, 3.63) is 59.7 Å². The van der Waals surface area contributed by atoms with Crippen LogP contribution in [0.3, 0.4) is 0 Å². The first kappa shape index (κ1) is 21.7. The van der Waals surface area contributed by atoms with Gasteiger partial charge in [-0.25, -0.2) is 0 Å². The van der Waals surface area contributed by atoms with Gasteiger partial charge in [-0.3, -0.25) is 9.59 Å². The van der Waals surface area contributed by atoms with Crippen LogP contribution in [0.25, 0.3) is 0 Å². The third kappa shape index (κ3) is 6.24. The zero-order chi connectivity index (χ0) is 21.3. The highest BCUT2D eigenvalue weighted by atomic mass is 16.5. The molecule has 1 heterocycles. The van der Waals surface area contributed by atoms with Crippen LogP contribution in [0, 0.1) is 13.8 Å². The smallest absolute Gasteiger partial charge is 0.260 e. The molecule has 6 heteroatoms. The molecule has 1 saturated heterocycles. The summed E-state index contributed by atoms with van der Waals surface area (Å²) >= 11 is 0. The summed E-state index contributed by atoms with van der Waals surface area (Å²) in [6.07, 6.45) is 1.13. The van der Waals surface area contributed by atoms with Crippen LogP contribution in [0.2, 0.25) is 0 Å². The van der Waals surface area contributed by atoms with Crippen LogP contribution in [0.15, 0.2) is 48.5 Å². The fraction of sp³-hybridized carbons (Fsp3) is 0.417. The maximum atomic E-state index is 12.4. The van der Waals surface area contributed by atoms with Gasteiger partial charge in [0.05, 0.1) is 6.61 Å². The molecule has 30 heavy (non-hydrogen) atoms. The molecule has 2 aromatic rings. The second kappa shape index (κ2) is 10.7. The van der Waals surface area contributed by atoms with E-state index in [1.807, 2.05) is 67.3 Å². The zero-order valence-corrected chi connectivity index (χ0v) is 17.8. The Morgan fingerprint density at radius 2 is 1.47 bits per heavy atom. The highest BCUT2D eigenvalue weighted by molar-refractivity contribution is 5.79. The summed E-state index contributed by atoms with van der Waals surface area (Å²) < 4.78 is 11.3. The molecule has 1 fully saturated rings. The third-order valence-corrected chi connectivity index (χ3v) is 5.25. The lowest BCUT2D eigenvalue weighted by Gasteiger charge is -2.34. The Balaban J connectivity index is 1.33. The summed E-state index contributed by atoms with van der Waals surface area (Å²) in [5, 5.41) is 0. The van der Waals surface area contributed by atoms with Crippen molar-refractivity contribution in [1.29, 1.82) is 0 Å². The van der Waals surface area contributed by atoms with E-state index in [2.05, 4.69) is 0 Å². The van der Waals surface area contributed by atoms with E-state index in [4.69, 9.17) is 9.47 Å². The summed E-state index contributed by atoms with van der Waals surface area (Å²) in [7, 11) is 0. The van der Waals surface area contributed by atoms with Gasteiger partial charge in [-0.2, -0.15) is 0 Å². The second-order valence-corrected chi connectivity index (χ2v) is 7.58. The van der Waals surface area contributed by atoms with E-state index in [0.29, 0.717) is 51.4 Å². The molecule has 6 nitrogen and oxygen atoms in total. The molecule has 0 radical (unpaired) electrons. The molecule has 1 aliphatic rings. The quantitative estimate of drug-likeness (QED) is 0.627. The molecular formula is C24H30N2O4. The second-order valence-electron chi connectivity index (χ2n) is 7.58. The fourth-order valence-electron chi connectivity index (χ4n) is 3.36. The molecule has 2 aromatic carbocycles. The number of rotatable bonds is 8. The third-order valence-electron chi connectivity index (χ3n) is 5.25. The standard InChI is InChI=1S/C24H30N2O4/c1-19-9-11-21(12-10-19)30-18-24(28)26-15-13-25(14-16-26)23(27)8-5-17-29-22-7-4-3-6-20(22)2/h3-4,6-7,9-12H,5,8,13-18H2,1-2H3. The molecule has 0 aromatic heterocycles. The van der Waals surface area contributed by atoms with E-state index in [-0.39, 0.29) is 18.4 Å². The largest absolute Gasteiger partial charge is 0.493 e. The van der Waals surface area contributed by atoms with Gasteiger partial charge in [0.1, 0.15) is 11.5 Å². The zero-order valence-electron chi connectivity index (χ0n) is 17.8. The molecule has 0 spiro atoms. The number of hydrogen-bond donors (Lipinski definition) is 0. The molecule has 0 atom stereocenters. The van der Waals surface area contributed by atoms with Gasteiger partial charge in [0.25, 0.3) is 5.91 Å². The number of nitrogens with zero attached hydrogens (tertiary/aromatic N) is 2. The molecule has 1 aliphatic heterocycles. The lowest BCUT2D eigenvalue weighted by molar-refractivity contribution is -0.140.